The molecule has 0 unspecified atom stereocenters. The Bertz CT molecular complexity index is 2350. The van der Waals surface area contributed by atoms with Gasteiger partial charge in [0, 0.05) is 40.4 Å². The summed E-state index contributed by atoms with van der Waals surface area (Å²) in [5.74, 6) is 3.30. The number of hydrogen-bond acceptors (Lipinski definition) is 3. The van der Waals surface area contributed by atoms with Gasteiger partial charge in [0.05, 0.1) is 22.4 Å². The highest BCUT2D eigenvalue weighted by Gasteiger charge is 2.21. The van der Waals surface area contributed by atoms with E-state index < -0.39 is 0 Å². The van der Waals surface area contributed by atoms with Crippen LogP contribution in [0.25, 0.3) is 44.4 Å². The number of para-hydroxylation sites is 1. The van der Waals surface area contributed by atoms with Crippen molar-refractivity contribution in [2.45, 2.75) is 87.0 Å². The summed E-state index contributed by atoms with van der Waals surface area (Å²) in [6.07, 6.45) is 4.04. The second kappa shape index (κ2) is 13.3. The molecule has 0 fully saturated rings. The van der Waals surface area contributed by atoms with Gasteiger partial charge < -0.3 is 4.74 Å². The second-order valence-electron chi connectivity index (χ2n) is 14.5. The van der Waals surface area contributed by atoms with Crippen molar-refractivity contribution in [2.75, 3.05) is 0 Å². The zero-order chi connectivity index (χ0) is 35.3. The standard InChI is InChI=1S/C45H48N4O/c1-10-13-33-18-19-46-43(22-33)48-41-15-12-11-14-39(41)40-17-16-37(26-42(40)48)50-38-24-35(28(4)5)23-36(25-38)49-32(9)45(31(8)47-49)44-29(6)20-34(27(2)3)21-30(44)7/h11-12,14-28H,10,13H2,1-9H3. The van der Waals surface area contributed by atoms with Gasteiger partial charge in [-0.05, 0) is 122 Å². The minimum Gasteiger partial charge on any atom is -0.457 e. The number of benzene rings is 4. The van der Waals surface area contributed by atoms with Crippen LogP contribution in [0, 0.1) is 27.7 Å². The molecule has 7 rings (SSSR count). The molecule has 0 aliphatic rings. The highest BCUT2D eigenvalue weighted by molar-refractivity contribution is 6.09. The molecule has 254 valence electrons. The number of pyridine rings is 1. The Morgan fingerprint density at radius 2 is 1.38 bits per heavy atom. The quantitative estimate of drug-likeness (QED) is 0.155. The van der Waals surface area contributed by atoms with Crippen molar-refractivity contribution in [2.24, 2.45) is 0 Å². The Balaban J connectivity index is 1.32. The molecule has 0 saturated carbocycles. The molecule has 3 heterocycles. The Hall–Kier alpha value is -5.16. The van der Waals surface area contributed by atoms with Crippen molar-refractivity contribution in [3.05, 3.63) is 130 Å². The summed E-state index contributed by atoms with van der Waals surface area (Å²) in [5.41, 5.74) is 14.3. The third kappa shape index (κ3) is 6.00. The molecule has 4 aromatic carbocycles. The summed E-state index contributed by atoms with van der Waals surface area (Å²) in [6, 6.07) is 30.5. The third-order valence-electron chi connectivity index (χ3n) is 10.0. The molecular weight excluding hydrogens is 613 g/mol. The molecule has 0 aliphatic carbocycles. The predicted octanol–water partition coefficient (Wildman–Crippen LogP) is 12.3. The first-order chi connectivity index (χ1) is 24.0. The lowest BCUT2D eigenvalue weighted by molar-refractivity contribution is 0.481. The average molecular weight is 661 g/mol. The Morgan fingerprint density at radius 3 is 2.10 bits per heavy atom. The van der Waals surface area contributed by atoms with E-state index in [4.69, 9.17) is 14.8 Å². The van der Waals surface area contributed by atoms with E-state index in [9.17, 15) is 0 Å². The Labute approximate surface area is 296 Å². The van der Waals surface area contributed by atoms with Crippen LogP contribution in [-0.2, 0) is 6.42 Å². The van der Waals surface area contributed by atoms with Gasteiger partial charge in [0.2, 0.25) is 0 Å². The lowest BCUT2D eigenvalue weighted by Gasteiger charge is -2.16. The molecule has 0 atom stereocenters. The van der Waals surface area contributed by atoms with Gasteiger partial charge in [-0.3, -0.25) is 4.57 Å². The Morgan fingerprint density at radius 1 is 0.680 bits per heavy atom. The number of fused-ring (bicyclic) bond motifs is 3. The van der Waals surface area contributed by atoms with Crippen LogP contribution < -0.4 is 4.74 Å². The molecule has 3 aromatic heterocycles. The molecule has 5 nitrogen and oxygen atoms in total. The van der Waals surface area contributed by atoms with E-state index >= 15 is 0 Å². The first kappa shape index (κ1) is 33.3. The van der Waals surface area contributed by atoms with Crippen molar-refractivity contribution < 1.29 is 4.74 Å². The summed E-state index contributed by atoms with van der Waals surface area (Å²) >= 11 is 0. The van der Waals surface area contributed by atoms with Crippen molar-refractivity contribution in [3.8, 4) is 34.1 Å². The average Bonchev–Trinajstić information content (AvgIpc) is 3.57. The SMILES string of the molecule is CCCc1ccnc(-n2c3ccccc3c3ccc(Oc4cc(C(C)C)cc(-n5nc(C)c(-c6c(C)cc(C(C)C)cc6C)c5C)c4)cc32)c1. The first-order valence-corrected chi connectivity index (χ1v) is 18.0. The van der Waals surface area contributed by atoms with Crippen LogP contribution in [0.5, 0.6) is 11.5 Å². The number of rotatable bonds is 9. The zero-order valence-corrected chi connectivity index (χ0v) is 30.9. The van der Waals surface area contributed by atoms with Gasteiger partial charge in [-0.2, -0.15) is 5.10 Å². The van der Waals surface area contributed by atoms with Crippen LogP contribution in [-0.4, -0.2) is 19.3 Å². The zero-order valence-electron chi connectivity index (χ0n) is 30.9. The van der Waals surface area contributed by atoms with Crippen LogP contribution in [0.4, 0.5) is 0 Å². The monoisotopic (exact) mass is 660 g/mol. The maximum Gasteiger partial charge on any atom is 0.137 e. The second-order valence-corrected chi connectivity index (χ2v) is 14.5. The van der Waals surface area contributed by atoms with Gasteiger partial charge >= 0.3 is 0 Å². The first-order valence-electron chi connectivity index (χ1n) is 18.0. The number of aromatic nitrogens is 4. The molecule has 0 spiro atoms. The van der Waals surface area contributed by atoms with Crippen LogP contribution in [0.3, 0.4) is 0 Å². The largest absolute Gasteiger partial charge is 0.457 e. The Kier molecular flexibility index (Phi) is 8.86. The summed E-state index contributed by atoms with van der Waals surface area (Å²) < 4.78 is 11.1. The molecular formula is C45H48N4O. The minimum atomic E-state index is 0.313. The molecule has 0 radical (unpaired) electrons. The molecule has 5 heteroatoms. The normalized spacial score (nSPS) is 11.8. The van der Waals surface area contributed by atoms with Gasteiger partial charge in [0.15, 0.2) is 0 Å². The molecule has 0 aliphatic heterocycles. The van der Waals surface area contributed by atoms with Gasteiger partial charge in [0.25, 0.3) is 0 Å². The van der Waals surface area contributed by atoms with Gasteiger partial charge in [-0.15, -0.1) is 0 Å². The van der Waals surface area contributed by atoms with Crippen molar-refractivity contribution in [1.82, 2.24) is 19.3 Å². The number of ether oxygens (including phenoxy) is 1. The van der Waals surface area contributed by atoms with E-state index in [1.54, 1.807) is 0 Å². The van der Waals surface area contributed by atoms with E-state index in [2.05, 4.69) is 156 Å². The topological polar surface area (TPSA) is 44.9 Å². The summed E-state index contributed by atoms with van der Waals surface area (Å²) in [5, 5.41) is 7.50. The van der Waals surface area contributed by atoms with Crippen LogP contribution in [0.2, 0.25) is 0 Å². The van der Waals surface area contributed by atoms with Crippen LogP contribution in [0.1, 0.15) is 92.1 Å². The van der Waals surface area contributed by atoms with Crippen molar-refractivity contribution >= 4 is 21.8 Å². The number of aryl methyl sites for hydroxylation is 4. The van der Waals surface area contributed by atoms with Crippen molar-refractivity contribution in [1.29, 1.82) is 0 Å². The maximum absolute atomic E-state index is 6.75. The van der Waals surface area contributed by atoms with E-state index in [1.807, 2.05) is 6.20 Å². The fraction of sp³-hybridized carbons (Fsp3) is 0.289. The van der Waals surface area contributed by atoms with E-state index in [-0.39, 0.29) is 0 Å². The van der Waals surface area contributed by atoms with Crippen LogP contribution >= 0.6 is 0 Å². The smallest absolute Gasteiger partial charge is 0.137 e. The van der Waals surface area contributed by atoms with Gasteiger partial charge in [-0.25, -0.2) is 9.67 Å². The number of nitrogens with zero attached hydrogens (tertiary/aromatic N) is 4. The highest BCUT2D eigenvalue weighted by atomic mass is 16.5. The third-order valence-corrected chi connectivity index (χ3v) is 10.0. The molecule has 0 amide bonds. The molecule has 0 saturated heterocycles. The number of hydrogen-bond donors (Lipinski definition) is 0. The van der Waals surface area contributed by atoms with E-state index in [1.165, 1.54) is 49.7 Å². The van der Waals surface area contributed by atoms with Crippen LogP contribution in [0.15, 0.2) is 91.1 Å². The molecule has 0 N–H and O–H groups in total. The minimum absolute atomic E-state index is 0.313. The van der Waals surface area contributed by atoms with E-state index in [0.29, 0.717) is 11.8 Å². The summed E-state index contributed by atoms with van der Waals surface area (Å²) in [4.78, 5) is 4.83. The molecule has 7 aromatic rings. The lowest BCUT2D eigenvalue weighted by Crippen LogP contribution is -2.02. The highest BCUT2D eigenvalue weighted by Crippen LogP contribution is 2.38. The van der Waals surface area contributed by atoms with Crippen molar-refractivity contribution in [3.63, 3.8) is 0 Å². The summed E-state index contributed by atoms with van der Waals surface area (Å²) in [7, 11) is 0. The predicted molar refractivity (Wildman–Crippen MR) is 209 cm³/mol. The fourth-order valence-electron chi connectivity index (χ4n) is 7.52. The maximum atomic E-state index is 6.75. The van der Waals surface area contributed by atoms with Gasteiger partial charge in [-0.1, -0.05) is 71.4 Å². The molecule has 50 heavy (non-hydrogen) atoms. The summed E-state index contributed by atoms with van der Waals surface area (Å²) in [6.45, 7) is 19.9. The van der Waals surface area contributed by atoms with Gasteiger partial charge in [0.1, 0.15) is 17.3 Å². The molecule has 0 bridgehead atoms. The fourth-order valence-corrected chi connectivity index (χ4v) is 7.52. The lowest BCUT2D eigenvalue weighted by atomic mass is 9.89. The van der Waals surface area contributed by atoms with E-state index in [0.717, 1.165) is 58.3 Å².